The van der Waals surface area contributed by atoms with Crippen LogP contribution in [-0.4, -0.2) is 37.9 Å². The molecule has 8 heteroatoms. The molecule has 0 bridgehead atoms. The van der Waals surface area contributed by atoms with Gasteiger partial charge in [0.25, 0.3) is 0 Å². The van der Waals surface area contributed by atoms with Gasteiger partial charge in [-0.25, -0.2) is 4.39 Å². The highest BCUT2D eigenvalue weighted by atomic mass is 35.5. The summed E-state index contributed by atoms with van der Waals surface area (Å²) in [6, 6.07) is 9.97. The van der Waals surface area contributed by atoms with Crippen molar-refractivity contribution in [3.63, 3.8) is 0 Å². The van der Waals surface area contributed by atoms with Gasteiger partial charge < -0.3 is 14.4 Å². The van der Waals surface area contributed by atoms with Gasteiger partial charge in [-0.2, -0.15) is 0 Å². The van der Waals surface area contributed by atoms with Crippen molar-refractivity contribution in [1.82, 2.24) is 0 Å². The van der Waals surface area contributed by atoms with E-state index < -0.39 is 30.1 Å². The lowest BCUT2D eigenvalue weighted by molar-refractivity contribution is -0.147. The molecule has 0 radical (unpaired) electrons. The molecule has 6 nitrogen and oxygen atoms in total. The average Bonchev–Trinajstić information content (AvgIpc) is 3.07. The second-order valence-corrected chi connectivity index (χ2v) is 6.70. The summed E-state index contributed by atoms with van der Waals surface area (Å²) in [6.45, 7) is -0.435. The van der Waals surface area contributed by atoms with E-state index in [1.165, 1.54) is 30.2 Å². The van der Waals surface area contributed by atoms with Gasteiger partial charge >= 0.3 is 5.97 Å². The highest BCUT2D eigenvalue weighted by molar-refractivity contribution is 6.31. The first kappa shape index (κ1) is 19.8. The van der Waals surface area contributed by atoms with Gasteiger partial charge in [-0.1, -0.05) is 23.7 Å². The SMILES string of the molecule is COc1ccc(Cl)cc1N1C[C@H](C(=O)OCC(=O)c2cccc(F)c2)CC1=O. The van der Waals surface area contributed by atoms with E-state index in [0.717, 1.165) is 6.07 Å². The topological polar surface area (TPSA) is 72.9 Å². The molecule has 3 rings (SSSR count). The fourth-order valence-electron chi connectivity index (χ4n) is 2.97. The predicted octanol–water partition coefficient (Wildman–Crippen LogP) is 3.27. The van der Waals surface area contributed by atoms with Crippen molar-refractivity contribution in [2.75, 3.05) is 25.2 Å². The number of ketones is 1. The summed E-state index contributed by atoms with van der Waals surface area (Å²) in [5, 5.41) is 0.426. The van der Waals surface area contributed by atoms with E-state index >= 15 is 0 Å². The summed E-state index contributed by atoms with van der Waals surface area (Å²) < 4.78 is 23.5. The predicted molar refractivity (Wildman–Crippen MR) is 100 cm³/mol. The summed E-state index contributed by atoms with van der Waals surface area (Å²) in [5.41, 5.74) is 0.576. The Morgan fingerprint density at radius 1 is 1.25 bits per heavy atom. The van der Waals surface area contributed by atoms with Crippen LogP contribution in [0.15, 0.2) is 42.5 Å². The smallest absolute Gasteiger partial charge is 0.311 e. The molecule has 0 N–H and O–H groups in total. The number of ether oxygens (including phenoxy) is 2. The summed E-state index contributed by atoms with van der Waals surface area (Å²) in [6.07, 6.45) is -0.0529. The van der Waals surface area contributed by atoms with Crippen LogP contribution in [0.1, 0.15) is 16.8 Å². The Labute approximate surface area is 165 Å². The first-order valence-electron chi connectivity index (χ1n) is 8.48. The Bertz CT molecular complexity index is 933. The number of nitrogens with zero attached hydrogens (tertiary/aromatic N) is 1. The monoisotopic (exact) mass is 405 g/mol. The molecule has 2 aromatic rings. The number of anilines is 1. The van der Waals surface area contributed by atoms with Crippen LogP contribution in [0.3, 0.4) is 0 Å². The normalized spacial score (nSPS) is 16.2. The van der Waals surface area contributed by atoms with Gasteiger partial charge in [0.2, 0.25) is 5.91 Å². The zero-order valence-electron chi connectivity index (χ0n) is 15.0. The average molecular weight is 406 g/mol. The number of rotatable bonds is 6. The fourth-order valence-corrected chi connectivity index (χ4v) is 3.14. The van der Waals surface area contributed by atoms with Gasteiger partial charge in [-0.3, -0.25) is 14.4 Å². The highest BCUT2D eigenvalue weighted by Gasteiger charge is 2.37. The summed E-state index contributed by atoms with van der Waals surface area (Å²) in [4.78, 5) is 38.1. The molecular weight excluding hydrogens is 389 g/mol. The van der Waals surface area contributed by atoms with E-state index in [1.54, 1.807) is 18.2 Å². The van der Waals surface area contributed by atoms with Crippen LogP contribution in [0.4, 0.5) is 10.1 Å². The van der Waals surface area contributed by atoms with Gasteiger partial charge in [0.05, 0.1) is 18.7 Å². The molecule has 1 heterocycles. The molecule has 146 valence electrons. The Morgan fingerprint density at radius 2 is 2.04 bits per heavy atom. The Balaban J connectivity index is 1.64. The molecule has 1 amide bonds. The number of halogens is 2. The number of carbonyl (C=O) groups excluding carboxylic acids is 3. The molecule has 0 spiro atoms. The Morgan fingerprint density at radius 3 is 2.75 bits per heavy atom. The molecule has 2 aromatic carbocycles. The second kappa shape index (κ2) is 8.39. The maximum Gasteiger partial charge on any atom is 0.311 e. The van der Waals surface area contributed by atoms with E-state index in [-0.39, 0.29) is 24.4 Å². The van der Waals surface area contributed by atoms with E-state index in [1.807, 2.05) is 0 Å². The van der Waals surface area contributed by atoms with Gasteiger partial charge in [0.15, 0.2) is 12.4 Å². The number of carbonyl (C=O) groups is 3. The molecule has 1 aliphatic heterocycles. The number of amides is 1. The van der Waals surface area contributed by atoms with E-state index in [0.29, 0.717) is 16.5 Å². The number of hydrogen-bond donors (Lipinski definition) is 0. The molecule has 1 atom stereocenters. The summed E-state index contributed by atoms with van der Waals surface area (Å²) in [7, 11) is 1.47. The fraction of sp³-hybridized carbons (Fsp3) is 0.250. The highest BCUT2D eigenvalue weighted by Crippen LogP contribution is 2.35. The van der Waals surface area contributed by atoms with E-state index in [4.69, 9.17) is 21.1 Å². The van der Waals surface area contributed by atoms with Crippen LogP contribution in [0.25, 0.3) is 0 Å². The van der Waals surface area contributed by atoms with Crippen molar-refractivity contribution < 1.29 is 28.2 Å². The number of Topliss-reactive ketones (excluding diaryl/α,β-unsaturated/α-hetero) is 1. The number of esters is 1. The number of methoxy groups -OCH3 is 1. The standard InChI is InChI=1S/C20H17ClFNO5/c1-27-18-6-5-14(21)9-16(18)23-10-13(8-19(23)25)20(26)28-11-17(24)12-3-2-4-15(22)7-12/h2-7,9,13H,8,10-11H2,1H3/t13-/m1/s1. The van der Waals surface area contributed by atoms with Crippen LogP contribution in [0, 0.1) is 11.7 Å². The van der Waals surface area contributed by atoms with Crippen LogP contribution < -0.4 is 9.64 Å². The van der Waals surface area contributed by atoms with Crippen LogP contribution in [-0.2, 0) is 14.3 Å². The van der Waals surface area contributed by atoms with Crippen molar-refractivity contribution in [2.24, 2.45) is 5.92 Å². The molecule has 1 saturated heterocycles. The summed E-state index contributed by atoms with van der Waals surface area (Å²) in [5.74, 6) is -2.29. The molecule has 0 unspecified atom stereocenters. The molecule has 0 aliphatic carbocycles. The lowest BCUT2D eigenvalue weighted by Gasteiger charge is -2.19. The van der Waals surface area contributed by atoms with Crippen molar-refractivity contribution in [3.8, 4) is 5.75 Å². The third-order valence-electron chi connectivity index (χ3n) is 4.38. The van der Waals surface area contributed by atoms with Gasteiger partial charge in [-0.05, 0) is 30.3 Å². The zero-order valence-corrected chi connectivity index (χ0v) is 15.7. The molecule has 0 aromatic heterocycles. The van der Waals surface area contributed by atoms with Crippen molar-refractivity contribution in [2.45, 2.75) is 6.42 Å². The molecular formula is C20H17ClFNO5. The maximum absolute atomic E-state index is 13.2. The van der Waals surface area contributed by atoms with Crippen LogP contribution >= 0.6 is 11.6 Å². The Hall–Kier alpha value is -2.93. The van der Waals surface area contributed by atoms with Crippen LogP contribution in [0.2, 0.25) is 5.02 Å². The largest absolute Gasteiger partial charge is 0.495 e. The van der Waals surface area contributed by atoms with E-state index in [9.17, 15) is 18.8 Å². The minimum absolute atomic E-state index is 0.0529. The lowest BCUT2D eigenvalue weighted by Crippen LogP contribution is -2.27. The lowest BCUT2D eigenvalue weighted by atomic mass is 10.1. The molecule has 0 saturated carbocycles. The molecule has 28 heavy (non-hydrogen) atoms. The zero-order chi connectivity index (χ0) is 20.3. The quantitative estimate of drug-likeness (QED) is 0.544. The second-order valence-electron chi connectivity index (χ2n) is 6.26. The first-order valence-corrected chi connectivity index (χ1v) is 8.86. The van der Waals surface area contributed by atoms with Crippen molar-refractivity contribution >= 4 is 34.9 Å². The van der Waals surface area contributed by atoms with Crippen LogP contribution in [0.5, 0.6) is 5.75 Å². The van der Waals surface area contributed by atoms with E-state index in [2.05, 4.69) is 0 Å². The van der Waals surface area contributed by atoms with Gasteiger partial charge in [0.1, 0.15) is 11.6 Å². The summed E-state index contributed by atoms with van der Waals surface area (Å²) >= 11 is 6.00. The Kier molecular flexibility index (Phi) is 5.94. The van der Waals surface area contributed by atoms with Gasteiger partial charge in [-0.15, -0.1) is 0 Å². The minimum Gasteiger partial charge on any atom is -0.495 e. The first-order chi connectivity index (χ1) is 13.4. The number of hydrogen-bond acceptors (Lipinski definition) is 5. The number of benzene rings is 2. The van der Waals surface area contributed by atoms with Crippen molar-refractivity contribution in [3.05, 3.63) is 58.9 Å². The molecule has 1 fully saturated rings. The van der Waals surface area contributed by atoms with Gasteiger partial charge in [0, 0.05) is 23.6 Å². The van der Waals surface area contributed by atoms with Crippen molar-refractivity contribution in [1.29, 1.82) is 0 Å². The third kappa shape index (κ3) is 4.31. The molecule has 1 aliphatic rings. The maximum atomic E-state index is 13.2. The minimum atomic E-state index is -0.725. The third-order valence-corrected chi connectivity index (χ3v) is 4.62.